The highest BCUT2D eigenvalue weighted by molar-refractivity contribution is 7.89. The number of sulfonamides is 1. The minimum atomic E-state index is -3.72. The molecular weight excluding hydrogens is 392 g/mol. The van der Waals surface area contributed by atoms with E-state index in [9.17, 15) is 18.0 Å². The van der Waals surface area contributed by atoms with Gasteiger partial charge in [0.15, 0.2) is 6.10 Å². The highest BCUT2D eigenvalue weighted by Gasteiger charge is 2.28. The molecule has 0 spiro atoms. The van der Waals surface area contributed by atoms with Crippen molar-refractivity contribution >= 4 is 21.9 Å². The predicted molar refractivity (Wildman–Crippen MR) is 111 cm³/mol. The Morgan fingerprint density at radius 2 is 1.83 bits per heavy atom. The Kier molecular flexibility index (Phi) is 7.82. The van der Waals surface area contributed by atoms with E-state index in [2.05, 4.69) is 12.2 Å². The van der Waals surface area contributed by atoms with Crippen molar-refractivity contribution in [1.82, 2.24) is 9.62 Å². The third-order valence-corrected chi connectivity index (χ3v) is 7.60. The first-order valence-corrected chi connectivity index (χ1v) is 11.6. The van der Waals surface area contributed by atoms with Crippen molar-refractivity contribution in [3.63, 3.8) is 0 Å². The normalized spacial score (nSPS) is 21.1. The van der Waals surface area contributed by atoms with Crippen LogP contribution < -0.4 is 5.32 Å². The number of benzene rings is 1. The summed E-state index contributed by atoms with van der Waals surface area (Å²) in [4.78, 5) is 24.9. The van der Waals surface area contributed by atoms with Gasteiger partial charge in [0.05, 0.1) is 10.5 Å². The summed E-state index contributed by atoms with van der Waals surface area (Å²) in [6, 6.07) is 5.56. The SMILES string of the molecule is CC(C)N(C)S(=O)(=O)c1cccc(C(=O)O[C@H](C)C(=O)N[C@@H]2CCCC[C@H]2C)c1. The van der Waals surface area contributed by atoms with Crippen molar-refractivity contribution in [2.24, 2.45) is 5.92 Å². The number of nitrogens with one attached hydrogen (secondary N) is 1. The molecule has 3 atom stereocenters. The second-order valence-corrected chi connectivity index (χ2v) is 10.1. The van der Waals surface area contributed by atoms with Crippen molar-refractivity contribution in [3.8, 4) is 0 Å². The van der Waals surface area contributed by atoms with Gasteiger partial charge in [0.2, 0.25) is 10.0 Å². The van der Waals surface area contributed by atoms with E-state index >= 15 is 0 Å². The molecule has 29 heavy (non-hydrogen) atoms. The Hall–Kier alpha value is -1.93. The van der Waals surface area contributed by atoms with Gasteiger partial charge in [0, 0.05) is 19.1 Å². The first-order chi connectivity index (χ1) is 13.5. The molecule has 0 unspecified atom stereocenters. The monoisotopic (exact) mass is 424 g/mol. The number of ether oxygens (including phenoxy) is 1. The van der Waals surface area contributed by atoms with E-state index in [4.69, 9.17) is 4.74 Å². The van der Waals surface area contributed by atoms with E-state index in [0.29, 0.717) is 5.92 Å². The number of carbonyl (C=O) groups is 2. The molecule has 0 aromatic heterocycles. The summed E-state index contributed by atoms with van der Waals surface area (Å²) in [5.41, 5.74) is 0.0916. The summed E-state index contributed by atoms with van der Waals surface area (Å²) in [5.74, 6) is -0.663. The standard InChI is InChI=1S/C21H32N2O5S/c1-14(2)23(5)29(26,27)18-11-8-10-17(13-18)21(25)28-16(4)20(24)22-19-12-7-6-9-15(19)3/h8,10-11,13-16,19H,6-7,9,12H2,1-5H3,(H,22,24)/t15-,16-,19-/m1/s1. The van der Waals surface area contributed by atoms with Crippen LogP contribution in [0.2, 0.25) is 0 Å². The van der Waals surface area contributed by atoms with E-state index in [-0.39, 0.29) is 28.4 Å². The Bertz CT molecular complexity index is 837. The molecule has 1 amide bonds. The molecule has 1 fully saturated rings. The number of amides is 1. The molecule has 1 saturated carbocycles. The van der Waals surface area contributed by atoms with Gasteiger partial charge in [0.1, 0.15) is 0 Å². The van der Waals surface area contributed by atoms with Gasteiger partial charge in [0.25, 0.3) is 5.91 Å². The predicted octanol–water partition coefficient (Wildman–Crippen LogP) is 2.96. The van der Waals surface area contributed by atoms with Crippen LogP contribution in [0.4, 0.5) is 0 Å². The number of esters is 1. The molecule has 0 saturated heterocycles. The zero-order chi connectivity index (χ0) is 21.8. The Morgan fingerprint density at radius 3 is 2.45 bits per heavy atom. The Labute approximate surface area is 173 Å². The van der Waals surface area contributed by atoms with Gasteiger partial charge in [-0.25, -0.2) is 13.2 Å². The maximum Gasteiger partial charge on any atom is 0.338 e. The van der Waals surface area contributed by atoms with Crippen LogP contribution in [0.5, 0.6) is 0 Å². The van der Waals surface area contributed by atoms with Crippen molar-refractivity contribution in [2.75, 3.05) is 7.05 Å². The van der Waals surface area contributed by atoms with Gasteiger partial charge < -0.3 is 10.1 Å². The van der Waals surface area contributed by atoms with Gasteiger partial charge in [-0.15, -0.1) is 0 Å². The maximum absolute atomic E-state index is 12.6. The Morgan fingerprint density at radius 1 is 1.17 bits per heavy atom. The molecule has 8 heteroatoms. The zero-order valence-electron chi connectivity index (χ0n) is 17.8. The molecule has 2 rings (SSSR count). The molecule has 7 nitrogen and oxygen atoms in total. The third-order valence-electron chi connectivity index (χ3n) is 5.57. The van der Waals surface area contributed by atoms with Crippen LogP contribution in [0.25, 0.3) is 0 Å². The van der Waals surface area contributed by atoms with Crippen molar-refractivity contribution in [1.29, 1.82) is 0 Å². The van der Waals surface area contributed by atoms with Gasteiger partial charge in [-0.3, -0.25) is 4.79 Å². The molecule has 1 aliphatic carbocycles. The fourth-order valence-corrected chi connectivity index (χ4v) is 4.75. The lowest BCUT2D eigenvalue weighted by Gasteiger charge is -2.30. The highest BCUT2D eigenvalue weighted by Crippen LogP contribution is 2.24. The molecular formula is C21H32N2O5S. The van der Waals surface area contributed by atoms with E-state index in [1.807, 2.05) is 0 Å². The van der Waals surface area contributed by atoms with Crippen molar-refractivity contribution in [2.45, 2.75) is 76.5 Å². The summed E-state index contributed by atoms with van der Waals surface area (Å²) in [5, 5.41) is 2.97. The van der Waals surface area contributed by atoms with Gasteiger partial charge in [-0.1, -0.05) is 25.8 Å². The lowest BCUT2D eigenvalue weighted by molar-refractivity contribution is -0.130. The second-order valence-electron chi connectivity index (χ2n) is 8.07. The number of rotatable bonds is 7. The van der Waals surface area contributed by atoms with E-state index in [0.717, 1.165) is 19.3 Å². The summed E-state index contributed by atoms with van der Waals surface area (Å²) < 4.78 is 31.8. The molecule has 0 heterocycles. The topological polar surface area (TPSA) is 92.8 Å². The maximum atomic E-state index is 12.6. The molecule has 0 aliphatic heterocycles. The van der Waals surface area contributed by atoms with Crippen LogP contribution in [-0.2, 0) is 19.6 Å². The van der Waals surface area contributed by atoms with E-state index in [1.54, 1.807) is 13.8 Å². The van der Waals surface area contributed by atoms with Crippen LogP contribution >= 0.6 is 0 Å². The molecule has 0 radical (unpaired) electrons. The van der Waals surface area contributed by atoms with Crippen LogP contribution in [0.15, 0.2) is 29.2 Å². The van der Waals surface area contributed by atoms with Crippen LogP contribution in [-0.4, -0.2) is 49.8 Å². The lowest BCUT2D eigenvalue weighted by Crippen LogP contribution is -2.46. The summed E-state index contributed by atoms with van der Waals surface area (Å²) in [7, 11) is -2.23. The number of carbonyl (C=O) groups excluding carboxylic acids is 2. The quantitative estimate of drug-likeness (QED) is 0.680. The number of hydrogen-bond donors (Lipinski definition) is 1. The number of hydrogen-bond acceptors (Lipinski definition) is 5. The van der Waals surface area contributed by atoms with Crippen LogP contribution in [0.3, 0.4) is 0 Å². The molecule has 1 aromatic rings. The van der Waals surface area contributed by atoms with Crippen LogP contribution in [0.1, 0.15) is 63.7 Å². The number of nitrogens with zero attached hydrogens (tertiary/aromatic N) is 1. The molecule has 1 N–H and O–H groups in total. The smallest absolute Gasteiger partial charge is 0.338 e. The fourth-order valence-electron chi connectivity index (χ4n) is 3.34. The Balaban J connectivity index is 2.06. The van der Waals surface area contributed by atoms with Crippen molar-refractivity contribution in [3.05, 3.63) is 29.8 Å². The summed E-state index contributed by atoms with van der Waals surface area (Å²) in [6.45, 7) is 7.17. The molecule has 162 valence electrons. The lowest BCUT2D eigenvalue weighted by atomic mass is 9.86. The van der Waals surface area contributed by atoms with Gasteiger partial charge in [-0.05, 0) is 57.7 Å². The highest BCUT2D eigenvalue weighted by atomic mass is 32.2. The molecule has 1 aromatic carbocycles. The average Bonchev–Trinajstić information content (AvgIpc) is 2.68. The van der Waals surface area contributed by atoms with Crippen LogP contribution in [0, 0.1) is 5.92 Å². The zero-order valence-corrected chi connectivity index (χ0v) is 18.7. The average molecular weight is 425 g/mol. The van der Waals surface area contributed by atoms with Gasteiger partial charge in [-0.2, -0.15) is 4.31 Å². The van der Waals surface area contributed by atoms with E-state index < -0.39 is 22.1 Å². The first kappa shape index (κ1) is 23.3. The molecule has 0 bridgehead atoms. The van der Waals surface area contributed by atoms with Crippen molar-refractivity contribution < 1.29 is 22.7 Å². The van der Waals surface area contributed by atoms with Gasteiger partial charge >= 0.3 is 5.97 Å². The summed E-state index contributed by atoms with van der Waals surface area (Å²) in [6.07, 6.45) is 3.29. The largest absolute Gasteiger partial charge is 0.449 e. The van der Waals surface area contributed by atoms with E-state index in [1.165, 1.54) is 49.0 Å². The fraction of sp³-hybridized carbons (Fsp3) is 0.619. The molecule has 1 aliphatic rings. The summed E-state index contributed by atoms with van der Waals surface area (Å²) >= 11 is 0. The minimum Gasteiger partial charge on any atom is -0.449 e. The second kappa shape index (κ2) is 9.71. The minimum absolute atomic E-state index is 0.0104. The third kappa shape index (κ3) is 5.79. The first-order valence-electron chi connectivity index (χ1n) is 10.1.